The molecule has 2 N–H and O–H groups in total. The summed E-state index contributed by atoms with van der Waals surface area (Å²) in [7, 11) is 0. The first kappa shape index (κ1) is 23.4. The van der Waals surface area contributed by atoms with Crippen LogP contribution >= 0.6 is 23.2 Å². The highest BCUT2D eigenvalue weighted by atomic mass is 35.5. The smallest absolute Gasteiger partial charge is 0.416 e. The van der Waals surface area contributed by atoms with E-state index in [-0.39, 0.29) is 27.9 Å². The van der Waals surface area contributed by atoms with Gasteiger partial charge in [-0.25, -0.2) is 9.36 Å². The molecule has 0 saturated carbocycles. The number of carbonyl (C=O) groups excluding carboxylic acids is 2. The van der Waals surface area contributed by atoms with E-state index in [2.05, 4.69) is 5.32 Å². The van der Waals surface area contributed by atoms with Crippen molar-refractivity contribution in [1.82, 2.24) is 4.57 Å². The number of hydrogen-bond donors (Lipinski definition) is 2. The molecule has 0 spiro atoms. The van der Waals surface area contributed by atoms with Crippen molar-refractivity contribution in [3.8, 4) is 17.0 Å². The van der Waals surface area contributed by atoms with E-state index in [9.17, 15) is 19.5 Å². The van der Waals surface area contributed by atoms with Gasteiger partial charge in [0.15, 0.2) is 5.78 Å². The average Bonchev–Trinajstić information content (AvgIpc) is 3.13. The van der Waals surface area contributed by atoms with Crippen LogP contribution in [0.2, 0.25) is 10.0 Å². The van der Waals surface area contributed by atoms with Gasteiger partial charge in [0.25, 0.3) is 0 Å². The second-order valence-electron chi connectivity index (χ2n) is 7.41. The van der Waals surface area contributed by atoms with Gasteiger partial charge >= 0.3 is 12.1 Å². The molecular weight excluding hydrogens is 479 g/mol. The van der Waals surface area contributed by atoms with Crippen molar-refractivity contribution >= 4 is 63.3 Å². The summed E-state index contributed by atoms with van der Waals surface area (Å²) >= 11 is 12.7. The molecule has 0 aliphatic heterocycles. The topological polar surface area (TPSA) is 97.6 Å². The molecule has 9 heteroatoms. The van der Waals surface area contributed by atoms with Crippen molar-refractivity contribution in [3.63, 3.8) is 0 Å². The standard InChI is InChI=1S/C25H18Cl2N2O5/c1-13(30)21-22-19(11-6-12-20(22)34-14(2)31)29(25(32)33)24(21)15-7-3-4-10-18(15)28-23-16(26)8-5-9-17(23)27/h3-12,28H,1-2H3,(H,32,33). The summed E-state index contributed by atoms with van der Waals surface area (Å²) in [4.78, 5) is 37.0. The molecule has 4 rings (SSSR count). The number of halogens is 2. The fourth-order valence-electron chi connectivity index (χ4n) is 3.89. The Kier molecular flexibility index (Phi) is 6.32. The van der Waals surface area contributed by atoms with Gasteiger partial charge in [-0.15, -0.1) is 0 Å². The Bertz CT molecular complexity index is 1460. The van der Waals surface area contributed by atoms with E-state index in [1.54, 1.807) is 54.6 Å². The molecule has 0 unspecified atom stereocenters. The molecule has 7 nitrogen and oxygen atoms in total. The van der Waals surface area contributed by atoms with Gasteiger partial charge in [-0.05, 0) is 37.3 Å². The number of Topliss-reactive ketones (excluding diaryl/α,β-unsaturated/α-hetero) is 1. The Hall–Kier alpha value is -3.81. The number of nitrogens with zero attached hydrogens (tertiary/aromatic N) is 1. The van der Waals surface area contributed by atoms with E-state index in [1.807, 2.05) is 0 Å². The molecular formula is C25H18Cl2N2O5. The van der Waals surface area contributed by atoms with Crippen molar-refractivity contribution in [2.45, 2.75) is 13.8 Å². The lowest BCUT2D eigenvalue weighted by molar-refractivity contribution is -0.131. The lowest BCUT2D eigenvalue weighted by atomic mass is 10.0. The molecule has 0 bridgehead atoms. The number of ether oxygens (including phenoxy) is 1. The number of anilines is 2. The first-order chi connectivity index (χ1) is 16.2. The normalized spacial score (nSPS) is 10.8. The number of carboxylic acid groups (broad SMARTS) is 1. The van der Waals surface area contributed by atoms with Gasteiger partial charge in [0, 0.05) is 18.2 Å². The largest absolute Gasteiger partial charge is 0.464 e. The number of esters is 1. The van der Waals surface area contributed by atoms with Crippen LogP contribution in [-0.4, -0.2) is 27.5 Å². The van der Waals surface area contributed by atoms with Gasteiger partial charge in [-0.3, -0.25) is 9.59 Å². The predicted octanol–water partition coefficient (Wildman–Crippen LogP) is 7.01. The van der Waals surface area contributed by atoms with E-state index in [0.717, 1.165) is 4.57 Å². The predicted molar refractivity (Wildman–Crippen MR) is 132 cm³/mol. The zero-order valence-corrected chi connectivity index (χ0v) is 19.6. The first-order valence-corrected chi connectivity index (χ1v) is 10.9. The average molecular weight is 497 g/mol. The number of ketones is 1. The third-order valence-electron chi connectivity index (χ3n) is 5.16. The lowest BCUT2D eigenvalue weighted by Gasteiger charge is -2.16. The number of rotatable bonds is 5. The van der Waals surface area contributed by atoms with Crippen LogP contribution in [0.15, 0.2) is 60.7 Å². The molecule has 3 aromatic carbocycles. The summed E-state index contributed by atoms with van der Waals surface area (Å²) in [6, 6.07) is 16.5. The molecule has 0 aliphatic rings. The van der Waals surface area contributed by atoms with Crippen LogP contribution in [0.4, 0.5) is 16.2 Å². The maximum atomic E-state index is 12.9. The summed E-state index contributed by atoms with van der Waals surface area (Å²) < 4.78 is 6.32. The van der Waals surface area contributed by atoms with Crippen LogP contribution in [0.25, 0.3) is 22.2 Å². The van der Waals surface area contributed by atoms with Crippen molar-refractivity contribution in [3.05, 3.63) is 76.3 Å². The van der Waals surface area contributed by atoms with E-state index < -0.39 is 17.8 Å². The van der Waals surface area contributed by atoms with Gasteiger partial charge in [0.2, 0.25) is 0 Å². The molecule has 1 aromatic heterocycles. The van der Waals surface area contributed by atoms with Crippen LogP contribution in [0.5, 0.6) is 5.75 Å². The van der Waals surface area contributed by atoms with Gasteiger partial charge < -0.3 is 15.2 Å². The van der Waals surface area contributed by atoms with Crippen molar-refractivity contribution in [1.29, 1.82) is 0 Å². The summed E-state index contributed by atoms with van der Waals surface area (Å²) in [5.74, 6) is -0.900. The summed E-state index contributed by atoms with van der Waals surface area (Å²) in [6.07, 6.45) is -1.31. The maximum Gasteiger partial charge on any atom is 0.416 e. The highest BCUT2D eigenvalue weighted by molar-refractivity contribution is 6.39. The van der Waals surface area contributed by atoms with Crippen LogP contribution in [0.1, 0.15) is 24.2 Å². The van der Waals surface area contributed by atoms with E-state index in [1.165, 1.54) is 19.9 Å². The van der Waals surface area contributed by atoms with Crippen LogP contribution in [0, 0.1) is 0 Å². The third kappa shape index (κ3) is 4.11. The lowest BCUT2D eigenvalue weighted by Crippen LogP contribution is -2.11. The molecule has 172 valence electrons. The minimum Gasteiger partial charge on any atom is -0.464 e. The maximum absolute atomic E-state index is 12.9. The molecule has 0 atom stereocenters. The molecule has 0 fully saturated rings. The SMILES string of the molecule is CC(=O)Oc1cccc2c1c(C(C)=O)c(-c1ccccc1Nc1c(Cl)cccc1Cl)n2C(=O)O. The van der Waals surface area contributed by atoms with Crippen LogP contribution < -0.4 is 10.1 Å². The number of hydrogen-bond acceptors (Lipinski definition) is 5. The number of para-hydroxylation sites is 2. The van der Waals surface area contributed by atoms with Gasteiger partial charge in [0.1, 0.15) is 5.75 Å². The van der Waals surface area contributed by atoms with Gasteiger partial charge in [-0.2, -0.15) is 0 Å². The molecule has 0 aliphatic carbocycles. The fourth-order valence-corrected chi connectivity index (χ4v) is 4.39. The minimum atomic E-state index is -1.31. The highest BCUT2D eigenvalue weighted by Crippen LogP contribution is 2.43. The van der Waals surface area contributed by atoms with E-state index >= 15 is 0 Å². The summed E-state index contributed by atoms with van der Waals surface area (Å²) in [5, 5.41) is 14.3. The number of fused-ring (bicyclic) bond motifs is 1. The Morgan fingerprint density at radius 1 is 0.912 bits per heavy atom. The Labute approximate surface area is 204 Å². The summed E-state index contributed by atoms with van der Waals surface area (Å²) in [6.45, 7) is 2.56. The molecule has 34 heavy (non-hydrogen) atoms. The van der Waals surface area contributed by atoms with Gasteiger partial charge in [-0.1, -0.05) is 53.5 Å². The minimum absolute atomic E-state index is 0.0936. The van der Waals surface area contributed by atoms with Crippen molar-refractivity contribution in [2.24, 2.45) is 0 Å². The zero-order valence-electron chi connectivity index (χ0n) is 18.1. The van der Waals surface area contributed by atoms with Crippen LogP contribution in [0.3, 0.4) is 0 Å². The molecule has 4 aromatic rings. The highest BCUT2D eigenvalue weighted by Gasteiger charge is 2.29. The molecule has 1 heterocycles. The second kappa shape index (κ2) is 9.21. The van der Waals surface area contributed by atoms with E-state index in [4.69, 9.17) is 27.9 Å². The van der Waals surface area contributed by atoms with Crippen molar-refractivity contribution in [2.75, 3.05) is 5.32 Å². The second-order valence-corrected chi connectivity index (χ2v) is 8.22. The third-order valence-corrected chi connectivity index (χ3v) is 5.79. The summed E-state index contributed by atoms with van der Waals surface area (Å²) in [5.41, 5.74) is 1.75. The zero-order chi connectivity index (χ0) is 24.6. The van der Waals surface area contributed by atoms with E-state index in [0.29, 0.717) is 27.0 Å². The number of carbonyl (C=O) groups is 3. The molecule has 0 amide bonds. The number of benzene rings is 3. The Balaban J connectivity index is 2.07. The van der Waals surface area contributed by atoms with Crippen molar-refractivity contribution < 1.29 is 24.2 Å². The number of nitrogens with one attached hydrogen (secondary N) is 1. The monoisotopic (exact) mass is 496 g/mol. The Morgan fingerprint density at radius 3 is 2.18 bits per heavy atom. The number of aromatic nitrogens is 1. The molecule has 0 saturated heterocycles. The Morgan fingerprint density at radius 2 is 1.56 bits per heavy atom. The van der Waals surface area contributed by atoms with Crippen LogP contribution in [-0.2, 0) is 4.79 Å². The first-order valence-electron chi connectivity index (χ1n) is 10.1. The quantitative estimate of drug-likeness (QED) is 0.175. The molecule has 0 radical (unpaired) electrons. The van der Waals surface area contributed by atoms with Gasteiger partial charge in [0.05, 0.1) is 37.9 Å². The fraction of sp³-hybridized carbons (Fsp3) is 0.0800.